The highest BCUT2D eigenvalue weighted by atomic mass is 16.8. The van der Waals surface area contributed by atoms with Crippen LogP contribution in [0.4, 0.5) is 0 Å². The number of rotatable bonds is 14. The summed E-state index contributed by atoms with van der Waals surface area (Å²) in [4.78, 5) is 50.6. The van der Waals surface area contributed by atoms with Crippen molar-refractivity contribution in [3.63, 3.8) is 0 Å². The van der Waals surface area contributed by atoms with Crippen molar-refractivity contribution < 1.29 is 113 Å². The zero-order chi connectivity index (χ0) is 45.4. The Labute approximate surface area is 357 Å². The number of carbonyl (C=O) groups excluding carboxylic acids is 2. The number of aliphatic hydroxyl groups excluding tert-OH is 8. The van der Waals surface area contributed by atoms with Crippen LogP contribution >= 0.6 is 0 Å². The molecule has 4 heterocycles. The second-order valence-electron chi connectivity index (χ2n) is 16.4. The van der Waals surface area contributed by atoms with Crippen molar-refractivity contribution >= 4 is 23.9 Å². The van der Waals surface area contributed by atoms with Gasteiger partial charge in [-0.25, -0.2) is 19.2 Å². The Bertz CT molecular complexity index is 1920. The minimum Gasteiger partial charge on any atom is -0.507 e. The van der Waals surface area contributed by atoms with Crippen LogP contribution in [0.1, 0.15) is 46.4 Å². The van der Waals surface area contributed by atoms with E-state index < -0.39 is 152 Å². The molecule has 23 heteroatoms. The number of esters is 2. The van der Waals surface area contributed by atoms with Crippen LogP contribution in [0.15, 0.2) is 41.9 Å². The number of aliphatic carboxylic acids is 2. The first-order valence-corrected chi connectivity index (χ1v) is 20.3. The quantitative estimate of drug-likeness (QED) is 0.0845. The van der Waals surface area contributed by atoms with Gasteiger partial charge in [0.05, 0.1) is 55.7 Å². The number of phenols is 1. The highest BCUT2D eigenvalue weighted by Gasteiger charge is 2.54. The summed E-state index contributed by atoms with van der Waals surface area (Å²) in [6.45, 7) is -2.05. The van der Waals surface area contributed by atoms with E-state index in [4.69, 9.17) is 37.9 Å². The zero-order valence-electron chi connectivity index (χ0n) is 33.3. The molecule has 2 aliphatic carbocycles. The third-order valence-electron chi connectivity index (χ3n) is 12.8. The van der Waals surface area contributed by atoms with E-state index in [-0.39, 0.29) is 35.5 Å². The molecule has 63 heavy (non-hydrogen) atoms. The van der Waals surface area contributed by atoms with E-state index in [0.29, 0.717) is 25.7 Å². The highest BCUT2D eigenvalue weighted by molar-refractivity contribution is 5.96. The molecule has 1 aromatic carbocycles. The first-order valence-electron chi connectivity index (χ1n) is 20.3. The first kappa shape index (κ1) is 46.5. The number of carboxylic acids is 2. The molecule has 18 atom stereocenters. The predicted octanol–water partition coefficient (Wildman–Crippen LogP) is -2.73. The van der Waals surface area contributed by atoms with Crippen LogP contribution in [0.25, 0.3) is 0 Å². The average Bonchev–Trinajstić information content (AvgIpc) is 3.90. The molecule has 348 valence electrons. The van der Waals surface area contributed by atoms with Crippen molar-refractivity contribution in [3.8, 4) is 5.75 Å². The van der Waals surface area contributed by atoms with Crippen molar-refractivity contribution in [2.75, 3.05) is 26.4 Å². The molecule has 7 rings (SSSR count). The SMILES string of the molecule is O=C(O)C1=CO[C@H](O[C@@H]2O[C@H](CO)[C@@H](O)[C@H](O)[C@H]2O)[C@H]2[C@H](COC(=O)c3ccc(C(=O)OC[C@@H]4CC[C@H]5C(C(=O)O)=CO[C@H](O[C@@H]6O[C@H](CO)[C@@H](O)[C@H](O)[C@H]6O)[C@@H]45)c(O)c3)CC[C@@H]12. The molecule has 4 aliphatic heterocycles. The van der Waals surface area contributed by atoms with E-state index in [1.165, 1.54) is 6.07 Å². The van der Waals surface area contributed by atoms with Crippen LogP contribution in [-0.2, 0) is 47.5 Å². The molecule has 6 aliphatic rings. The van der Waals surface area contributed by atoms with Crippen LogP contribution in [0.2, 0.25) is 0 Å². The third kappa shape index (κ3) is 9.23. The van der Waals surface area contributed by atoms with Crippen LogP contribution in [0.5, 0.6) is 5.75 Å². The molecule has 0 spiro atoms. The van der Waals surface area contributed by atoms with Crippen LogP contribution in [0, 0.1) is 35.5 Å². The number of phenolic OH excluding ortho intramolecular Hbond substituents is 1. The van der Waals surface area contributed by atoms with Crippen molar-refractivity contribution in [1.82, 2.24) is 0 Å². The van der Waals surface area contributed by atoms with E-state index in [2.05, 4.69) is 0 Å². The van der Waals surface area contributed by atoms with Gasteiger partial charge in [0.2, 0.25) is 12.6 Å². The van der Waals surface area contributed by atoms with Crippen LogP contribution in [-0.4, -0.2) is 180 Å². The number of aliphatic hydroxyl groups is 8. The Kier molecular flexibility index (Phi) is 14.2. The van der Waals surface area contributed by atoms with Gasteiger partial charge in [-0.15, -0.1) is 0 Å². The molecule has 23 nitrogen and oxygen atoms in total. The molecule has 2 saturated carbocycles. The molecule has 1 aromatic rings. The summed E-state index contributed by atoms with van der Waals surface area (Å²) in [5.74, 6) is -9.14. The van der Waals surface area contributed by atoms with E-state index in [0.717, 1.165) is 24.7 Å². The Balaban J connectivity index is 0.974. The number of carbonyl (C=O) groups is 4. The van der Waals surface area contributed by atoms with Gasteiger partial charge < -0.3 is 94.1 Å². The fourth-order valence-corrected chi connectivity index (χ4v) is 9.43. The summed E-state index contributed by atoms with van der Waals surface area (Å²) in [6.07, 6.45) is -15.4. The number of hydrogen-bond acceptors (Lipinski definition) is 21. The third-order valence-corrected chi connectivity index (χ3v) is 12.8. The summed E-state index contributed by atoms with van der Waals surface area (Å²) in [5, 5.41) is 111. The Hall–Kier alpha value is -4.50. The second kappa shape index (κ2) is 19.3. The Morgan fingerprint density at radius 1 is 0.587 bits per heavy atom. The monoisotopic (exact) mass is 898 g/mol. The molecule has 0 radical (unpaired) electrons. The molecule has 0 unspecified atom stereocenters. The van der Waals surface area contributed by atoms with E-state index in [1.54, 1.807) is 0 Å². The summed E-state index contributed by atoms with van der Waals surface area (Å²) < 4.78 is 44.9. The van der Waals surface area contributed by atoms with Gasteiger partial charge in [-0.1, -0.05) is 0 Å². The Morgan fingerprint density at radius 3 is 1.44 bits per heavy atom. The molecule has 2 saturated heterocycles. The molecule has 0 amide bonds. The maximum absolute atomic E-state index is 13.3. The second-order valence-corrected chi connectivity index (χ2v) is 16.4. The number of ether oxygens (including phenoxy) is 8. The van der Waals surface area contributed by atoms with Crippen molar-refractivity contribution in [2.45, 2.75) is 99.7 Å². The lowest BCUT2D eigenvalue weighted by molar-refractivity contribution is -0.343. The van der Waals surface area contributed by atoms with Crippen molar-refractivity contribution in [2.24, 2.45) is 35.5 Å². The summed E-state index contributed by atoms with van der Waals surface area (Å²) in [6, 6.07) is 3.30. The van der Waals surface area contributed by atoms with E-state index in [1.807, 2.05) is 0 Å². The summed E-state index contributed by atoms with van der Waals surface area (Å²) in [7, 11) is 0. The number of benzene rings is 1. The average molecular weight is 899 g/mol. The first-order chi connectivity index (χ1) is 30.0. The van der Waals surface area contributed by atoms with E-state index >= 15 is 0 Å². The summed E-state index contributed by atoms with van der Waals surface area (Å²) >= 11 is 0. The number of fused-ring (bicyclic) bond motifs is 2. The topological polar surface area (TPSA) is 365 Å². The van der Waals surface area contributed by atoms with Gasteiger partial charge in [0.15, 0.2) is 12.6 Å². The Morgan fingerprint density at radius 2 is 1.03 bits per heavy atom. The number of carboxylic acid groups (broad SMARTS) is 2. The fourth-order valence-electron chi connectivity index (χ4n) is 9.43. The van der Waals surface area contributed by atoms with Gasteiger partial charge in [0, 0.05) is 35.5 Å². The smallest absolute Gasteiger partial charge is 0.341 e. The normalized spacial score (nSPS) is 39.7. The molecule has 4 fully saturated rings. The van der Waals surface area contributed by atoms with Crippen molar-refractivity contribution in [3.05, 3.63) is 53.0 Å². The standard InChI is InChI=1S/C40H50O23/c41-8-23-27(44)29(46)31(48)39(60-23)62-37-25-15(2-4-17(25)20(12-58-37)33(50)51)10-56-35(54)14-1-6-19(22(43)7-14)36(55)57-11-16-3-5-18-21(34(52)53)13-59-38(26(16)18)63-40-32(49)30(47)28(45)24(9-42)61-40/h1,6-7,12-13,15-18,23-32,37-49H,2-5,8-11H2,(H,50,51)(H,52,53)/t15-,16-,17-,18-,23+,24+,25-,26-,27+,28+,29-,30-,31+,32+,37+,38+,39-,40-/m0/s1. The minimum atomic E-state index is -1.78. The van der Waals surface area contributed by atoms with Gasteiger partial charge in [-0.05, 0) is 43.9 Å². The lowest BCUT2D eigenvalue weighted by atomic mass is 9.83. The highest BCUT2D eigenvalue weighted by Crippen LogP contribution is 2.49. The van der Waals surface area contributed by atoms with Gasteiger partial charge in [0.1, 0.15) is 60.1 Å². The largest absolute Gasteiger partial charge is 0.507 e. The zero-order valence-corrected chi connectivity index (χ0v) is 33.3. The van der Waals surface area contributed by atoms with E-state index in [9.17, 15) is 75.3 Å². The maximum atomic E-state index is 13.3. The molecular weight excluding hydrogens is 848 g/mol. The lowest BCUT2D eigenvalue weighted by Gasteiger charge is -2.43. The summed E-state index contributed by atoms with van der Waals surface area (Å²) in [5.41, 5.74) is -0.651. The minimum absolute atomic E-state index is 0.0715. The van der Waals surface area contributed by atoms with Crippen molar-refractivity contribution in [1.29, 1.82) is 0 Å². The van der Waals surface area contributed by atoms with Gasteiger partial charge in [-0.2, -0.15) is 0 Å². The van der Waals surface area contributed by atoms with Crippen LogP contribution in [0.3, 0.4) is 0 Å². The lowest BCUT2D eigenvalue weighted by Crippen LogP contribution is -2.60. The molecule has 0 aromatic heterocycles. The molecule has 11 N–H and O–H groups in total. The predicted molar refractivity (Wildman–Crippen MR) is 199 cm³/mol. The maximum Gasteiger partial charge on any atom is 0.341 e. The molecule has 0 bridgehead atoms. The van der Waals surface area contributed by atoms with Gasteiger partial charge in [-0.3, -0.25) is 0 Å². The molecular formula is C40H50O23. The van der Waals surface area contributed by atoms with Crippen LogP contribution < -0.4 is 0 Å². The fraction of sp³-hybridized carbons (Fsp3) is 0.650. The number of aromatic hydroxyl groups is 1. The van der Waals surface area contributed by atoms with Gasteiger partial charge >= 0.3 is 23.9 Å². The number of hydrogen-bond donors (Lipinski definition) is 11. The van der Waals surface area contributed by atoms with Gasteiger partial charge in [0.25, 0.3) is 0 Å².